The smallest absolute Gasteiger partial charge is 0.241 e. The van der Waals surface area contributed by atoms with Gasteiger partial charge in [-0.2, -0.15) is 0 Å². The van der Waals surface area contributed by atoms with Gasteiger partial charge in [-0.1, -0.05) is 17.7 Å². The van der Waals surface area contributed by atoms with E-state index in [0.29, 0.717) is 29.6 Å². The van der Waals surface area contributed by atoms with Crippen molar-refractivity contribution in [2.24, 2.45) is 0 Å². The summed E-state index contributed by atoms with van der Waals surface area (Å²) in [5, 5.41) is 6.96. The van der Waals surface area contributed by atoms with Crippen molar-refractivity contribution in [3.63, 3.8) is 0 Å². The number of anilines is 3. The van der Waals surface area contributed by atoms with Crippen LogP contribution in [0.25, 0.3) is 11.3 Å². The second-order valence-corrected chi connectivity index (χ2v) is 6.74. The van der Waals surface area contributed by atoms with E-state index in [1.165, 1.54) is 0 Å². The van der Waals surface area contributed by atoms with E-state index in [9.17, 15) is 4.79 Å². The van der Waals surface area contributed by atoms with Crippen LogP contribution in [0, 0.1) is 0 Å². The number of rotatable bonds is 8. The molecule has 0 atom stereocenters. The van der Waals surface area contributed by atoms with Crippen molar-refractivity contribution in [3.05, 3.63) is 60.1 Å². The van der Waals surface area contributed by atoms with E-state index in [1.807, 2.05) is 44.2 Å². The second-order valence-electron chi connectivity index (χ2n) is 6.31. The lowest BCUT2D eigenvalue weighted by Crippen LogP contribution is -2.35. The van der Waals surface area contributed by atoms with Crippen molar-refractivity contribution < 1.29 is 4.79 Å². The number of halogens is 1. The first-order valence-corrected chi connectivity index (χ1v) is 9.78. The summed E-state index contributed by atoms with van der Waals surface area (Å²) in [5.74, 6) is 0.646. The Bertz CT molecular complexity index is 977. The van der Waals surface area contributed by atoms with Crippen molar-refractivity contribution in [1.82, 2.24) is 19.9 Å². The van der Waals surface area contributed by atoms with Gasteiger partial charge in [-0.25, -0.2) is 4.98 Å². The summed E-state index contributed by atoms with van der Waals surface area (Å²) in [6.45, 7) is 5.53. The van der Waals surface area contributed by atoms with E-state index in [2.05, 4.69) is 25.6 Å². The minimum absolute atomic E-state index is 0.0490. The van der Waals surface area contributed by atoms with E-state index >= 15 is 0 Å². The summed E-state index contributed by atoms with van der Waals surface area (Å²) in [4.78, 5) is 27.1. The molecule has 0 aliphatic heterocycles. The van der Waals surface area contributed by atoms with Gasteiger partial charge in [0, 0.05) is 41.8 Å². The molecule has 0 saturated carbocycles. The zero-order valence-corrected chi connectivity index (χ0v) is 17.1. The lowest BCUT2D eigenvalue weighted by Gasteiger charge is -2.19. The van der Waals surface area contributed by atoms with Gasteiger partial charge in [0.2, 0.25) is 5.91 Å². The van der Waals surface area contributed by atoms with Gasteiger partial charge in [0.05, 0.1) is 30.3 Å². The van der Waals surface area contributed by atoms with Crippen molar-refractivity contribution in [2.75, 3.05) is 30.3 Å². The molecule has 2 N–H and O–H groups in total. The first-order valence-electron chi connectivity index (χ1n) is 9.40. The molecule has 0 saturated heterocycles. The number of hydrogen-bond acceptors (Lipinski definition) is 6. The molecule has 2 aromatic heterocycles. The molecule has 1 amide bonds. The Balaban J connectivity index is 1.72. The van der Waals surface area contributed by atoms with E-state index in [4.69, 9.17) is 11.6 Å². The van der Waals surface area contributed by atoms with E-state index in [1.54, 1.807) is 29.7 Å². The quantitative estimate of drug-likeness (QED) is 0.578. The molecule has 29 heavy (non-hydrogen) atoms. The van der Waals surface area contributed by atoms with E-state index in [0.717, 1.165) is 16.9 Å². The summed E-state index contributed by atoms with van der Waals surface area (Å²) >= 11 is 6.03. The largest absolute Gasteiger partial charge is 0.375 e. The number of pyridine rings is 1. The van der Waals surface area contributed by atoms with Crippen LogP contribution in [-0.4, -0.2) is 45.4 Å². The number of nitrogens with one attached hydrogen (secondary N) is 2. The number of carbonyl (C=O) groups is 1. The number of nitrogens with zero attached hydrogens (tertiary/aromatic N) is 4. The average molecular weight is 411 g/mol. The highest BCUT2D eigenvalue weighted by Gasteiger charge is 2.10. The van der Waals surface area contributed by atoms with Crippen LogP contribution in [0.1, 0.15) is 13.8 Å². The summed E-state index contributed by atoms with van der Waals surface area (Å²) in [5.41, 5.74) is 3.04. The molecule has 0 spiro atoms. The van der Waals surface area contributed by atoms with Crippen LogP contribution in [0.4, 0.5) is 17.2 Å². The maximum absolute atomic E-state index is 12.2. The standard InChI is InChI=1S/C21H23ClN6O/c1-3-28(4-2)21(29)14-25-18-8-15(10-23-11-18)19-12-24-13-20(27-19)26-17-7-5-6-16(22)9-17/h5-13,25H,3-4,14H2,1-2H3,(H,26,27). The molecular weight excluding hydrogens is 388 g/mol. The third-order valence-corrected chi connectivity index (χ3v) is 4.56. The van der Waals surface area contributed by atoms with Crippen molar-refractivity contribution >= 4 is 34.7 Å². The van der Waals surface area contributed by atoms with E-state index < -0.39 is 0 Å². The Hall–Kier alpha value is -3.19. The topological polar surface area (TPSA) is 83.0 Å². The van der Waals surface area contributed by atoms with Gasteiger partial charge < -0.3 is 15.5 Å². The Kier molecular flexibility index (Phi) is 6.97. The maximum atomic E-state index is 12.2. The number of hydrogen-bond donors (Lipinski definition) is 2. The number of amides is 1. The Morgan fingerprint density at radius 1 is 1.03 bits per heavy atom. The van der Waals surface area contributed by atoms with Crippen molar-refractivity contribution in [2.45, 2.75) is 13.8 Å². The Labute approximate surface area is 175 Å². The van der Waals surface area contributed by atoms with Crippen LogP contribution in [0.5, 0.6) is 0 Å². The van der Waals surface area contributed by atoms with Gasteiger partial charge in [-0.05, 0) is 38.1 Å². The molecule has 0 fully saturated rings. The van der Waals surface area contributed by atoms with Gasteiger partial charge in [0.15, 0.2) is 0 Å². The summed E-state index contributed by atoms with van der Waals surface area (Å²) < 4.78 is 0. The molecule has 0 aliphatic rings. The van der Waals surface area contributed by atoms with Crippen LogP contribution in [0.15, 0.2) is 55.1 Å². The number of aromatic nitrogens is 3. The Morgan fingerprint density at radius 3 is 2.59 bits per heavy atom. The molecule has 0 bridgehead atoms. The molecule has 8 heteroatoms. The van der Waals surface area contributed by atoms with Gasteiger partial charge in [-0.3, -0.25) is 14.8 Å². The molecule has 150 valence electrons. The molecular formula is C21H23ClN6O. The number of benzene rings is 1. The van der Waals surface area contributed by atoms with Crippen LogP contribution < -0.4 is 10.6 Å². The zero-order valence-electron chi connectivity index (χ0n) is 16.4. The number of likely N-dealkylation sites (N-methyl/N-ethyl adjacent to an activating group) is 1. The predicted molar refractivity (Wildman–Crippen MR) is 116 cm³/mol. The van der Waals surface area contributed by atoms with Gasteiger partial charge in [0.25, 0.3) is 0 Å². The summed E-state index contributed by atoms with van der Waals surface area (Å²) in [6, 6.07) is 9.29. The number of carbonyl (C=O) groups excluding carboxylic acids is 1. The average Bonchev–Trinajstić information content (AvgIpc) is 2.73. The van der Waals surface area contributed by atoms with Gasteiger partial charge >= 0.3 is 0 Å². The molecule has 7 nitrogen and oxygen atoms in total. The van der Waals surface area contributed by atoms with Crippen LogP contribution in [0.2, 0.25) is 5.02 Å². The highest BCUT2D eigenvalue weighted by Crippen LogP contribution is 2.23. The molecule has 1 aromatic carbocycles. The first kappa shape index (κ1) is 20.5. The molecule has 2 heterocycles. The normalized spacial score (nSPS) is 10.4. The summed E-state index contributed by atoms with van der Waals surface area (Å²) in [6.07, 6.45) is 6.71. The lowest BCUT2D eigenvalue weighted by atomic mass is 10.2. The lowest BCUT2D eigenvalue weighted by molar-refractivity contribution is -0.128. The fraction of sp³-hybridized carbons (Fsp3) is 0.238. The molecule has 3 aromatic rings. The first-order chi connectivity index (χ1) is 14.1. The molecule has 0 aliphatic carbocycles. The Morgan fingerprint density at radius 2 is 1.83 bits per heavy atom. The maximum Gasteiger partial charge on any atom is 0.241 e. The van der Waals surface area contributed by atoms with E-state index in [-0.39, 0.29) is 12.5 Å². The fourth-order valence-corrected chi connectivity index (χ4v) is 3.01. The highest BCUT2D eigenvalue weighted by molar-refractivity contribution is 6.30. The van der Waals surface area contributed by atoms with Crippen LogP contribution in [0.3, 0.4) is 0 Å². The van der Waals surface area contributed by atoms with Crippen LogP contribution in [-0.2, 0) is 4.79 Å². The van der Waals surface area contributed by atoms with Gasteiger partial charge in [-0.15, -0.1) is 0 Å². The minimum atomic E-state index is 0.0490. The van der Waals surface area contributed by atoms with Gasteiger partial charge in [0.1, 0.15) is 5.82 Å². The minimum Gasteiger partial charge on any atom is -0.375 e. The fourth-order valence-electron chi connectivity index (χ4n) is 2.82. The molecule has 0 unspecified atom stereocenters. The second kappa shape index (κ2) is 9.84. The highest BCUT2D eigenvalue weighted by atomic mass is 35.5. The molecule has 0 radical (unpaired) electrons. The van der Waals surface area contributed by atoms with Crippen molar-refractivity contribution in [1.29, 1.82) is 0 Å². The third-order valence-electron chi connectivity index (χ3n) is 4.33. The summed E-state index contributed by atoms with van der Waals surface area (Å²) in [7, 11) is 0. The SMILES string of the molecule is CCN(CC)C(=O)CNc1cncc(-c2cncc(Nc3cccc(Cl)c3)n2)c1. The zero-order chi connectivity index (χ0) is 20.6. The molecule has 3 rings (SSSR count). The predicted octanol–water partition coefficient (Wildman–Crippen LogP) is 4.22. The monoisotopic (exact) mass is 410 g/mol. The third kappa shape index (κ3) is 5.65. The van der Waals surface area contributed by atoms with Crippen molar-refractivity contribution in [3.8, 4) is 11.3 Å². The van der Waals surface area contributed by atoms with Crippen LogP contribution >= 0.6 is 11.6 Å².